The van der Waals surface area contributed by atoms with Crippen LogP contribution in [-0.4, -0.2) is 18.6 Å². The summed E-state index contributed by atoms with van der Waals surface area (Å²) in [7, 11) is 2.16. The molecule has 3 unspecified atom stereocenters. The summed E-state index contributed by atoms with van der Waals surface area (Å²) in [6.45, 7) is 1.12. The number of fused-ring (bicyclic) bond motifs is 2. The zero-order valence-electron chi connectivity index (χ0n) is 11.8. The molecule has 3 atom stereocenters. The van der Waals surface area contributed by atoms with Crippen LogP contribution in [0.3, 0.4) is 0 Å². The van der Waals surface area contributed by atoms with E-state index in [2.05, 4.69) is 40.0 Å². The molecular weight excluding hydrogens is 332 g/mol. The first-order valence-electron chi connectivity index (χ1n) is 7.35. The molecule has 1 aromatic rings. The Morgan fingerprint density at radius 3 is 2.80 bits per heavy atom. The van der Waals surface area contributed by atoms with E-state index in [0.717, 1.165) is 40.0 Å². The van der Waals surface area contributed by atoms with Crippen LogP contribution in [-0.2, 0) is 0 Å². The predicted molar refractivity (Wildman–Crippen MR) is 92.2 cm³/mol. The molecule has 4 heteroatoms. The smallest absolute Gasteiger partial charge is 0.106 e. The van der Waals surface area contributed by atoms with Gasteiger partial charge < -0.3 is 10.6 Å². The minimum atomic E-state index is 0.473. The number of nitrogens with two attached hydrogens (primary N) is 1. The lowest BCUT2D eigenvalue weighted by Gasteiger charge is -2.29. The van der Waals surface area contributed by atoms with Gasteiger partial charge >= 0.3 is 0 Å². The molecule has 0 saturated heterocycles. The summed E-state index contributed by atoms with van der Waals surface area (Å²) in [5.74, 6) is 2.80. The van der Waals surface area contributed by atoms with Crippen LogP contribution in [0.5, 0.6) is 0 Å². The van der Waals surface area contributed by atoms with Crippen molar-refractivity contribution in [2.75, 3.05) is 18.5 Å². The number of anilines is 1. The third-order valence-corrected chi connectivity index (χ3v) is 5.74. The number of rotatable bonds is 4. The van der Waals surface area contributed by atoms with Crippen LogP contribution in [0.15, 0.2) is 22.7 Å². The van der Waals surface area contributed by atoms with Crippen LogP contribution >= 0.6 is 28.1 Å². The van der Waals surface area contributed by atoms with Crippen molar-refractivity contribution in [2.24, 2.45) is 23.5 Å². The van der Waals surface area contributed by atoms with E-state index in [1.54, 1.807) is 0 Å². The summed E-state index contributed by atoms with van der Waals surface area (Å²) < 4.78 is 1.03. The second-order valence-electron chi connectivity index (χ2n) is 6.34. The lowest BCUT2D eigenvalue weighted by atomic mass is 9.88. The standard InChI is InChI=1S/C16H21BrN2S/c1-19(9-12-7-10-2-3-11(12)6-10)15-5-4-13(17)8-14(15)16(18)20/h4-5,8,10-12H,2-3,6-7,9H2,1H3,(H2,18,20). The van der Waals surface area contributed by atoms with Crippen LogP contribution < -0.4 is 10.6 Å². The first-order chi connectivity index (χ1) is 9.54. The van der Waals surface area contributed by atoms with Gasteiger partial charge in [0.15, 0.2) is 0 Å². The Bertz CT molecular complexity index is 531. The minimum Gasteiger partial charge on any atom is -0.389 e. The maximum atomic E-state index is 5.87. The van der Waals surface area contributed by atoms with Crippen molar-refractivity contribution < 1.29 is 0 Å². The quantitative estimate of drug-likeness (QED) is 0.831. The van der Waals surface area contributed by atoms with E-state index in [4.69, 9.17) is 18.0 Å². The van der Waals surface area contributed by atoms with E-state index in [0.29, 0.717) is 4.99 Å². The first-order valence-corrected chi connectivity index (χ1v) is 8.55. The van der Waals surface area contributed by atoms with Crippen LogP contribution in [0.1, 0.15) is 31.2 Å². The Balaban J connectivity index is 1.77. The zero-order chi connectivity index (χ0) is 14.3. The minimum absolute atomic E-state index is 0.473. The largest absolute Gasteiger partial charge is 0.389 e. The van der Waals surface area contributed by atoms with E-state index in [1.165, 1.54) is 25.7 Å². The van der Waals surface area contributed by atoms with Gasteiger partial charge in [0.25, 0.3) is 0 Å². The number of hydrogen-bond acceptors (Lipinski definition) is 2. The molecule has 0 radical (unpaired) electrons. The summed E-state index contributed by atoms with van der Waals surface area (Å²) in [5.41, 5.74) is 8.00. The van der Waals surface area contributed by atoms with Gasteiger partial charge in [-0.2, -0.15) is 0 Å². The third kappa shape index (κ3) is 2.73. The zero-order valence-corrected chi connectivity index (χ0v) is 14.2. The van der Waals surface area contributed by atoms with E-state index in [9.17, 15) is 0 Å². The monoisotopic (exact) mass is 352 g/mol. The molecule has 0 amide bonds. The van der Waals surface area contributed by atoms with Gasteiger partial charge in [0, 0.05) is 29.3 Å². The van der Waals surface area contributed by atoms with Gasteiger partial charge in [-0.25, -0.2) is 0 Å². The van der Waals surface area contributed by atoms with Crippen molar-refractivity contribution in [3.8, 4) is 0 Å². The molecule has 0 spiro atoms. The lowest BCUT2D eigenvalue weighted by molar-refractivity contribution is 0.337. The summed E-state index contributed by atoms with van der Waals surface area (Å²) >= 11 is 8.69. The summed E-state index contributed by atoms with van der Waals surface area (Å²) in [6, 6.07) is 6.20. The van der Waals surface area contributed by atoms with Crippen LogP contribution in [0.25, 0.3) is 0 Å². The molecule has 2 saturated carbocycles. The molecule has 2 N–H and O–H groups in total. The van der Waals surface area contributed by atoms with Crippen molar-refractivity contribution in [3.63, 3.8) is 0 Å². The molecule has 108 valence electrons. The second kappa shape index (κ2) is 5.64. The van der Waals surface area contributed by atoms with Gasteiger partial charge in [-0.15, -0.1) is 0 Å². The summed E-state index contributed by atoms with van der Waals surface area (Å²) in [5, 5.41) is 0. The lowest BCUT2D eigenvalue weighted by Crippen LogP contribution is -2.30. The molecule has 2 fully saturated rings. The highest BCUT2D eigenvalue weighted by atomic mass is 79.9. The van der Waals surface area contributed by atoms with E-state index in [1.807, 2.05) is 6.07 Å². The molecule has 0 aliphatic heterocycles. The highest BCUT2D eigenvalue weighted by Gasteiger charge is 2.39. The Hall–Kier alpha value is -0.610. The van der Waals surface area contributed by atoms with Crippen molar-refractivity contribution in [2.45, 2.75) is 25.7 Å². The van der Waals surface area contributed by atoms with Crippen molar-refractivity contribution in [3.05, 3.63) is 28.2 Å². The van der Waals surface area contributed by atoms with Gasteiger partial charge in [0.05, 0.1) is 0 Å². The Kier molecular flexibility index (Phi) is 4.04. The maximum absolute atomic E-state index is 5.87. The van der Waals surface area contributed by atoms with Crippen molar-refractivity contribution in [1.82, 2.24) is 0 Å². The first kappa shape index (κ1) is 14.3. The van der Waals surface area contributed by atoms with Crippen LogP contribution in [0.2, 0.25) is 0 Å². The Morgan fingerprint density at radius 2 is 2.20 bits per heavy atom. The maximum Gasteiger partial charge on any atom is 0.106 e. The number of halogens is 1. The van der Waals surface area contributed by atoms with Crippen molar-refractivity contribution in [1.29, 1.82) is 0 Å². The fourth-order valence-electron chi connectivity index (χ4n) is 4.09. The van der Waals surface area contributed by atoms with Crippen molar-refractivity contribution >= 4 is 38.8 Å². The molecule has 2 aliphatic rings. The average molecular weight is 353 g/mol. The molecule has 3 rings (SSSR count). The molecule has 0 heterocycles. The van der Waals surface area contributed by atoms with Gasteiger partial charge in [-0.1, -0.05) is 34.6 Å². The Labute approximate surface area is 134 Å². The van der Waals surface area contributed by atoms with Gasteiger partial charge in [0.1, 0.15) is 4.99 Å². The molecule has 2 aliphatic carbocycles. The second-order valence-corrected chi connectivity index (χ2v) is 7.70. The molecule has 2 nitrogen and oxygen atoms in total. The highest BCUT2D eigenvalue weighted by molar-refractivity contribution is 9.10. The van der Waals surface area contributed by atoms with E-state index < -0.39 is 0 Å². The predicted octanol–water partition coefficient (Wildman–Crippen LogP) is 3.96. The fraction of sp³-hybridized carbons (Fsp3) is 0.562. The van der Waals surface area contributed by atoms with Gasteiger partial charge in [-0.3, -0.25) is 0 Å². The fourth-order valence-corrected chi connectivity index (χ4v) is 4.61. The van der Waals surface area contributed by atoms with Crippen LogP contribution in [0.4, 0.5) is 5.69 Å². The van der Waals surface area contributed by atoms with E-state index >= 15 is 0 Å². The number of benzene rings is 1. The summed E-state index contributed by atoms with van der Waals surface area (Å²) in [4.78, 5) is 2.81. The number of thiocarbonyl (C=S) groups is 1. The number of nitrogens with zero attached hydrogens (tertiary/aromatic N) is 1. The van der Waals surface area contributed by atoms with E-state index in [-0.39, 0.29) is 0 Å². The highest BCUT2D eigenvalue weighted by Crippen LogP contribution is 2.48. The third-order valence-electron chi connectivity index (χ3n) is 5.03. The molecule has 20 heavy (non-hydrogen) atoms. The SMILES string of the molecule is CN(CC1CC2CCC1C2)c1ccc(Br)cc1C(N)=S. The number of hydrogen-bond donors (Lipinski definition) is 1. The molecule has 1 aromatic carbocycles. The Morgan fingerprint density at radius 1 is 1.40 bits per heavy atom. The van der Waals surface area contributed by atoms with Gasteiger partial charge in [0.2, 0.25) is 0 Å². The normalized spacial score (nSPS) is 27.8. The average Bonchev–Trinajstić information content (AvgIpc) is 3.00. The molecule has 2 bridgehead atoms. The topological polar surface area (TPSA) is 29.3 Å². The van der Waals surface area contributed by atoms with Crippen LogP contribution in [0, 0.1) is 17.8 Å². The summed E-state index contributed by atoms with van der Waals surface area (Å²) in [6.07, 6.45) is 5.77. The molecule has 0 aromatic heterocycles. The molecular formula is C16H21BrN2S. The van der Waals surface area contributed by atoms with Gasteiger partial charge in [-0.05, 0) is 55.2 Å².